The van der Waals surface area contributed by atoms with Crippen LogP contribution >= 0.6 is 0 Å². The molecule has 7 nitrogen and oxygen atoms in total. The number of carbonyl (C=O) groups is 3. The number of hydrogen-bond donors (Lipinski definition) is 0. The SMILES string of the molecule is CCCCC(CC)COCC(C)(C)COC(=O)C(C)(C)COC(=O)C(C)(C)COC(=O)C(CC)CCCC. The molecule has 2 atom stereocenters. The van der Waals surface area contributed by atoms with Crippen LogP contribution < -0.4 is 0 Å². The van der Waals surface area contributed by atoms with Crippen LogP contribution in [-0.2, 0) is 33.3 Å². The normalized spacial score (nSPS) is 14.1. The van der Waals surface area contributed by atoms with Gasteiger partial charge in [-0.1, -0.05) is 73.6 Å². The summed E-state index contributed by atoms with van der Waals surface area (Å²) in [4.78, 5) is 38.0. The topological polar surface area (TPSA) is 88.1 Å². The minimum Gasteiger partial charge on any atom is -0.465 e. The lowest BCUT2D eigenvalue weighted by Crippen LogP contribution is -2.39. The quantitative estimate of drug-likeness (QED) is 0.112. The summed E-state index contributed by atoms with van der Waals surface area (Å²) in [5.41, 5.74) is -2.36. The van der Waals surface area contributed by atoms with E-state index in [1.807, 2.05) is 20.8 Å². The van der Waals surface area contributed by atoms with Gasteiger partial charge in [0.2, 0.25) is 0 Å². The number of carbonyl (C=O) groups excluding carboxylic acids is 3. The van der Waals surface area contributed by atoms with E-state index in [2.05, 4.69) is 20.8 Å². The second-order valence-corrected chi connectivity index (χ2v) is 12.9. The minimum absolute atomic E-state index is 0.0658. The highest BCUT2D eigenvalue weighted by Gasteiger charge is 2.37. The van der Waals surface area contributed by atoms with Gasteiger partial charge in [0.15, 0.2) is 0 Å². The standard InChI is InChI=1S/C31H58O7/c1-11-15-17-24(13-3)19-35-20-29(5,6)21-37-27(33)31(9,10)23-38-28(34)30(7,8)22-36-26(32)25(14-4)18-16-12-2/h24-25H,11-23H2,1-10H3. The zero-order valence-corrected chi connectivity index (χ0v) is 26.2. The molecule has 0 bridgehead atoms. The summed E-state index contributed by atoms with van der Waals surface area (Å²) in [5.74, 6) is -0.819. The Morgan fingerprint density at radius 3 is 1.63 bits per heavy atom. The fraction of sp³-hybridized carbons (Fsp3) is 0.903. The van der Waals surface area contributed by atoms with Crippen LogP contribution in [0.5, 0.6) is 0 Å². The smallest absolute Gasteiger partial charge is 0.315 e. The van der Waals surface area contributed by atoms with Gasteiger partial charge in [0.25, 0.3) is 0 Å². The van der Waals surface area contributed by atoms with Gasteiger partial charge >= 0.3 is 17.9 Å². The maximum absolute atomic E-state index is 12.8. The summed E-state index contributed by atoms with van der Waals surface area (Å²) in [6, 6.07) is 0. The molecule has 0 rings (SSSR count). The van der Waals surface area contributed by atoms with Crippen LogP contribution in [0.3, 0.4) is 0 Å². The molecule has 0 amide bonds. The summed E-state index contributed by atoms with van der Waals surface area (Å²) in [6.07, 6.45) is 8.15. The first kappa shape index (κ1) is 36.4. The zero-order chi connectivity index (χ0) is 29.4. The molecule has 2 unspecified atom stereocenters. The van der Waals surface area contributed by atoms with Gasteiger partial charge in [-0.15, -0.1) is 0 Å². The molecule has 0 aliphatic carbocycles. The molecule has 0 aromatic rings. The average molecular weight is 543 g/mol. The number of unbranched alkanes of at least 4 members (excludes halogenated alkanes) is 2. The van der Waals surface area contributed by atoms with E-state index in [1.54, 1.807) is 27.7 Å². The van der Waals surface area contributed by atoms with E-state index in [1.165, 1.54) is 19.3 Å². The lowest BCUT2D eigenvalue weighted by atomic mass is 9.92. The highest BCUT2D eigenvalue weighted by Crippen LogP contribution is 2.26. The summed E-state index contributed by atoms with van der Waals surface area (Å²) in [7, 11) is 0. The maximum Gasteiger partial charge on any atom is 0.315 e. The molecule has 0 N–H and O–H groups in total. The number of ether oxygens (including phenoxy) is 4. The van der Waals surface area contributed by atoms with Crippen molar-refractivity contribution < 1.29 is 33.3 Å². The molecule has 0 aromatic heterocycles. The zero-order valence-electron chi connectivity index (χ0n) is 26.2. The Balaban J connectivity index is 4.66. The molecule has 0 aromatic carbocycles. The molecule has 0 saturated heterocycles. The van der Waals surface area contributed by atoms with Crippen LogP contribution in [0.1, 0.15) is 121 Å². The van der Waals surface area contributed by atoms with Crippen LogP contribution in [0.25, 0.3) is 0 Å². The van der Waals surface area contributed by atoms with E-state index in [-0.39, 0.29) is 37.1 Å². The summed E-state index contributed by atoms with van der Waals surface area (Å²) in [6.45, 7) is 20.4. The largest absolute Gasteiger partial charge is 0.465 e. The van der Waals surface area contributed by atoms with E-state index in [9.17, 15) is 14.4 Å². The molecule has 0 aliphatic heterocycles. The fourth-order valence-corrected chi connectivity index (χ4v) is 3.77. The molecule has 0 fully saturated rings. The molecule has 7 heteroatoms. The highest BCUT2D eigenvalue weighted by molar-refractivity contribution is 5.79. The summed E-state index contributed by atoms with van der Waals surface area (Å²) in [5, 5.41) is 0. The Hall–Kier alpha value is -1.63. The second kappa shape index (κ2) is 17.9. The van der Waals surface area contributed by atoms with Gasteiger partial charge in [-0.2, -0.15) is 0 Å². The van der Waals surface area contributed by atoms with E-state index < -0.39 is 22.8 Å². The lowest BCUT2D eigenvalue weighted by molar-refractivity contribution is -0.171. The van der Waals surface area contributed by atoms with Crippen molar-refractivity contribution in [2.24, 2.45) is 28.1 Å². The predicted molar refractivity (Wildman–Crippen MR) is 152 cm³/mol. The fourth-order valence-electron chi connectivity index (χ4n) is 3.77. The molecule has 38 heavy (non-hydrogen) atoms. The predicted octanol–water partition coefficient (Wildman–Crippen LogP) is 7.14. The molecule has 224 valence electrons. The van der Waals surface area contributed by atoms with Gasteiger partial charge in [0, 0.05) is 12.0 Å². The van der Waals surface area contributed by atoms with E-state index in [0.29, 0.717) is 18.9 Å². The Kier molecular flexibility index (Phi) is 17.1. The van der Waals surface area contributed by atoms with Crippen LogP contribution in [0.15, 0.2) is 0 Å². The molecular formula is C31H58O7. The van der Waals surface area contributed by atoms with Crippen molar-refractivity contribution in [1.82, 2.24) is 0 Å². The van der Waals surface area contributed by atoms with Gasteiger partial charge in [0.1, 0.15) is 13.2 Å². The first-order chi connectivity index (χ1) is 17.7. The molecule has 0 spiro atoms. The van der Waals surface area contributed by atoms with E-state index >= 15 is 0 Å². The molecule has 0 heterocycles. The van der Waals surface area contributed by atoms with Crippen LogP contribution in [-0.4, -0.2) is 50.9 Å². The Morgan fingerprint density at radius 1 is 0.632 bits per heavy atom. The number of hydrogen-bond acceptors (Lipinski definition) is 7. The van der Waals surface area contributed by atoms with Crippen LogP contribution in [0.4, 0.5) is 0 Å². The molecule has 0 aliphatic rings. The monoisotopic (exact) mass is 542 g/mol. The van der Waals surface area contributed by atoms with Gasteiger partial charge < -0.3 is 18.9 Å². The van der Waals surface area contributed by atoms with Gasteiger partial charge in [0.05, 0.1) is 30.0 Å². The average Bonchev–Trinajstić information content (AvgIpc) is 2.86. The molecule has 0 radical (unpaired) electrons. The Morgan fingerprint density at radius 2 is 1.13 bits per heavy atom. The van der Waals surface area contributed by atoms with Crippen molar-refractivity contribution >= 4 is 17.9 Å². The van der Waals surface area contributed by atoms with E-state index in [0.717, 1.165) is 32.3 Å². The van der Waals surface area contributed by atoms with Gasteiger partial charge in [-0.25, -0.2) is 0 Å². The minimum atomic E-state index is -1.02. The first-order valence-corrected chi connectivity index (χ1v) is 14.7. The Labute approximate surface area is 233 Å². The third-order valence-corrected chi connectivity index (χ3v) is 6.96. The van der Waals surface area contributed by atoms with Crippen molar-refractivity contribution in [1.29, 1.82) is 0 Å². The van der Waals surface area contributed by atoms with Gasteiger partial charge in [-0.05, 0) is 52.9 Å². The number of rotatable bonds is 21. The third kappa shape index (κ3) is 14.5. The van der Waals surface area contributed by atoms with Gasteiger partial charge in [-0.3, -0.25) is 14.4 Å². The van der Waals surface area contributed by atoms with Crippen molar-refractivity contribution in [3.63, 3.8) is 0 Å². The molecular weight excluding hydrogens is 484 g/mol. The highest BCUT2D eigenvalue weighted by atomic mass is 16.6. The Bertz CT molecular complexity index is 696. The maximum atomic E-state index is 12.8. The summed E-state index contributed by atoms with van der Waals surface area (Å²) >= 11 is 0. The van der Waals surface area contributed by atoms with Crippen molar-refractivity contribution in [3.8, 4) is 0 Å². The summed E-state index contributed by atoms with van der Waals surface area (Å²) < 4.78 is 22.5. The van der Waals surface area contributed by atoms with Crippen molar-refractivity contribution in [2.45, 2.75) is 121 Å². The van der Waals surface area contributed by atoms with Crippen molar-refractivity contribution in [3.05, 3.63) is 0 Å². The van der Waals surface area contributed by atoms with Crippen molar-refractivity contribution in [2.75, 3.05) is 33.0 Å². The van der Waals surface area contributed by atoms with Crippen LogP contribution in [0, 0.1) is 28.1 Å². The van der Waals surface area contributed by atoms with Crippen LogP contribution in [0.2, 0.25) is 0 Å². The lowest BCUT2D eigenvalue weighted by Gasteiger charge is -2.29. The molecule has 0 saturated carbocycles. The van der Waals surface area contributed by atoms with E-state index in [4.69, 9.17) is 18.9 Å². The second-order valence-electron chi connectivity index (χ2n) is 12.9. The number of esters is 3. The third-order valence-electron chi connectivity index (χ3n) is 6.96. The first-order valence-electron chi connectivity index (χ1n) is 14.7.